The number of likely N-dealkylation sites (tertiary alicyclic amines) is 1. The number of carbonyl (C=O) groups excluding carboxylic acids is 2. The van der Waals surface area contributed by atoms with Gasteiger partial charge in [-0.2, -0.15) is 5.10 Å². The Hall–Kier alpha value is -3.92. The molecular weight excluding hydrogens is 479 g/mol. The van der Waals surface area contributed by atoms with E-state index >= 15 is 0 Å². The molecule has 0 bridgehead atoms. The summed E-state index contributed by atoms with van der Waals surface area (Å²) < 4.78 is 34.1. The number of hydrogen-bond acceptors (Lipinski definition) is 6. The second kappa shape index (κ2) is 9.85. The van der Waals surface area contributed by atoms with E-state index in [9.17, 15) is 14.0 Å². The van der Waals surface area contributed by atoms with Crippen LogP contribution in [0.3, 0.4) is 0 Å². The highest BCUT2D eigenvalue weighted by atomic mass is 19.1. The van der Waals surface area contributed by atoms with Gasteiger partial charge in [-0.25, -0.2) is 4.39 Å². The van der Waals surface area contributed by atoms with E-state index in [1.54, 1.807) is 54.2 Å². The first-order valence-electron chi connectivity index (χ1n) is 12.2. The smallest absolute Gasteiger partial charge is 0.257 e. The first-order chi connectivity index (χ1) is 17.7. The molecule has 37 heavy (non-hydrogen) atoms. The van der Waals surface area contributed by atoms with Gasteiger partial charge in [-0.3, -0.25) is 14.3 Å². The van der Waals surface area contributed by atoms with E-state index in [1.165, 1.54) is 12.1 Å². The summed E-state index contributed by atoms with van der Waals surface area (Å²) in [5.41, 5.74) is 0.506. The van der Waals surface area contributed by atoms with Gasteiger partial charge in [0.25, 0.3) is 11.8 Å². The van der Waals surface area contributed by atoms with Crippen molar-refractivity contribution in [3.05, 3.63) is 65.1 Å². The summed E-state index contributed by atoms with van der Waals surface area (Å²) in [6.45, 7) is 3.60. The van der Waals surface area contributed by atoms with E-state index in [1.807, 2.05) is 6.92 Å². The van der Waals surface area contributed by atoms with Crippen molar-refractivity contribution in [3.8, 4) is 17.2 Å². The zero-order valence-corrected chi connectivity index (χ0v) is 21.0. The van der Waals surface area contributed by atoms with Crippen LogP contribution in [0.4, 0.5) is 10.2 Å². The van der Waals surface area contributed by atoms with Crippen LogP contribution in [0, 0.1) is 5.82 Å². The molecule has 1 saturated heterocycles. The van der Waals surface area contributed by atoms with Gasteiger partial charge in [0.05, 0.1) is 12.2 Å². The third kappa shape index (κ3) is 5.15. The van der Waals surface area contributed by atoms with Gasteiger partial charge >= 0.3 is 0 Å². The molecule has 1 N–H and O–H groups in total. The lowest BCUT2D eigenvalue weighted by Crippen LogP contribution is -2.42. The number of carbonyl (C=O) groups is 2. The van der Waals surface area contributed by atoms with Gasteiger partial charge in [0.2, 0.25) is 0 Å². The number of anilines is 1. The SMILES string of the molecule is COCC1(C)CCc2c(Oc3ccc(C(=O)N4CCC4)c(F)c3)cc(C(=O)Nc3ccn(C)n3)cc2O1. The second-order valence-electron chi connectivity index (χ2n) is 9.65. The number of amides is 2. The minimum absolute atomic E-state index is 0.0104. The number of aromatic nitrogens is 2. The lowest BCUT2D eigenvalue weighted by atomic mass is 9.91. The van der Waals surface area contributed by atoms with Crippen molar-refractivity contribution < 1.29 is 28.2 Å². The summed E-state index contributed by atoms with van der Waals surface area (Å²) in [7, 11) is 3.37. The van der Waals surface area contributed by atoms with Crippen molar-refractivity contribution in [2.75, 3.05) is 32.1 Å². The van der Waals surface area contributed by atoms with Crippen LogP contribution in [0.15, 0.2) is 42.6 Å². The Labute approximate surface area is 214 Å². The fourth-order valence-corrected chi connectivity index (χ4v) is 4.51. The third-order valence-electron chi connectivity index (χ3n) is 6.64. The molecule has 0 spiro atoms. The number of nitrogens with one attached hydrogen (secondary N) is 1. The van der Waals surface area contributed by atoms with Gasteiger partial charge in [0, 0.05) is 56.7 Å². The molecule has 1 aromatic heterocycles. The van der Waals surface area contributed by atoms with Gasteiger partial charge in [-0.15, -0.1) is 0 Å². The Morgan fingerprint density at radius 1 is 1.22 bits per heavy atom. The minimum Gasteiger partial charge on any atom is -0.485 e. The Bertz CT molecular complexity index is 1350. The monoisotopic (exact) mass is 508 g/mol. The first-order valence-corrected chi connectivity index (χ1v) is 12.2. The van der Waals surface area contributed by atoms with E-state index in [-0.39, 0.29) is 17.2 Å². The maximum atomic E-state index is 14.9. The van der Waals surface area contributed by atoms with Crippen molar-refractivity contribution in [2.45, 2.75) is 31.8 Å². The summed E-state index contributed by atoms with van der Waals surface area (Å²) >= 11 is 0. The molecule has 0 aliphatic carbocycles. The predicted octanol–water partition coefficient (Wildman–Crippen LogP) is 4.18. The van der Waals surface area contributed by atoms with Gasteiger partial charge in [-0.05, 0) is 50.5 Å². The maximum Gasteiger partial charge on any atom is 0.257 e. The summed E-state index contributed by atoms with van der Waals surface area (Å²) in [5.74, 6) is 0.122. The molecule has 0 radical (unpaired) electrons. The molecule has 1 atom stereocenters. The van der Waals surface area contributed by atoms with E-state index in [0.29, 0.717) is 55.4 Å². The summed E-state index contributed by atoms with van der Waals surface area (Å²) in [4.78, 5) is 27.1. The van der Waals surface area contributed by atoms with Crippen LogP contribution >= 0.6 is 0 Å². The molecule has 3 heterocycles. The molecule has 5 rings (SSSR count). The van der Waals surface area contributed by atoms with Crippen LogP contribution in [0.25, 0.3) is 0 Å². The van der Waals surface area contributed by atoms with Crippen LogP contribution in [0.2, 0.25) is 0 Å². The van der Waals surface area contributed by atoms with Crippen LogP contribution < -0.4 is 14.8 Å². The number of aryl methyl sites for hydroxylation is 1. The predicted molar refractivity (Wildman–Crippen MR) is 134 cm³/mol. The summed E-state index contributed by atoms with van der Waals surface area (Å²) in [5, 5.41) is 6.95. The average Bonchev–Trinajstić information content (AvgIpc) is 3.21. The number of nitrogens with zero attached hydrogens (tertiary/aromatic N) is 3. The highest BCUT2D eigenvalue weighted by molar-refractivity contribution is 6.04. The van der Waals surface area contributed by atoms with Crippen molar-refractivity contribution in [1.29, 1.82) is 0 Å². The van der Waals surface area contributed by atoms with Crippen molar-refractivity contribution >= 4 is 17.6 Å². The Kier molecular flexibility index (Phi) is 6.59. The minimum atomic E-state index is -0.656. The molecule has 194 valence electrons. The molecule has 1 fully saturated rings. The van der Waals surface area contributed by atoms with E-state index in [0.717, 1.165) is 12.0 Å². The fraction of sp³-hybridized carbons (Fsp3) is 0.370. The number of rotatable bonds is 7. The van der Waals surface area contributed by atoms with E-state index in [2.05, 4.69) is 10.4 Å². The molecule has 2 amide bonds. The summed E-state index contributed by atoms with van der Waals surface area (Å²) in [6, 6.07) is 9.15. The van der Waals surface area contributed by atoms with Crippen LogP contribution in [-0.2, 0) is 18.2 Å². The van der Waals surface area contributed by atoms with Crippen LogP contribution in [0.1, 0.15) is 46.0 Å². The molecule has 0 saturated carbocycles. The molecule has 2 aliphatic rings. The molecule has 1 unspecified atom stereocenters. The lowest BCUT2D eigenvalue weighted by Gasteiger charge is -2.36. The molecule has 2 aliphatic heterocycles. The third-order valence-corrected chi connectivity index (χ3v) is 6.64. The van der Waals surface area contributed by atoms with E-state index < -0.39 is 17.3 Å². The van der Waals surface area contributed by atoms with Crippen molar-refractivity contribution in [2.24, 2.45) is 7.05 Å². The number of ether oxygens (including phenoxy) is 3. The van der Waals surface area contributed by atoms with Gasteiger partial charge in [-0.1, -0.05) is 0 Å². The topological polar surface area (TPSA) is 94.9 Å². The van der Waals surface area contributed by atoms with Crippen molar-refractivity contribution in [3.63, 3.8) is 0 Å². The zero-order valence-electron chi connectivity index (χ0n) is 21.0. The quantitative estimate of drug-likeness (QED) is 0.515. The van der Waals surface area contributed by atoms with Gasteiger partial charge in [0.1, 0.15) is 28.7 Å². The number of hydrogen-bond donors (Lipinski definition) is 1. The normalized spacial score (nSPS) is 18.4. The number of methoxy groups -OCH3 is 1. The Morgan fingerprint density at radius 2 is 2.03 bits per heavy atom. The Morgan fingerprint density at radius 3 is 2.68 bits per heavy atom. The first kappa shape index (κ1) is 24.8. The van der Waals surface area contributed by atoms with Crippen LogP contribution in [-0.4, -0.2) is 58.9 Å². The molecule has 3 aromatic rings. The molecule has 10 heteroatoms. The number of benzene rings is 2. The molecular formula is C27H29FN4O5. The highest BCUT2D eigenvalue weighted by Crippen LogP contribution is 2.41. The molecule has 9 nitrogen and oxygen atoms in total. The lowest BCUT2D eigenvalue weighted by molar-refractivity contribution is -0.0108. The summed E-state index contributed by atoms with van der Waals surface area (Å²) in [6.07, 6.45) is 3.93. The Balaban J connectivity index is 1.46. The van der Waals surface area contributed by atoms with Crippen molar-refractivity contribution in [1.82, 2.24) is 14.7 Å². The van der Waals surface area contributed by atoms with Gasteiger partial charge in [0.15, 0.2) is 5.82 Å². The largest absolute Gasteiger partial charge is 0.485 e. The average molecular weight is 509 g/mol. The van der Waals surface area contributed by atoms with Crippen LogP contribution in [0.5, 0.6) is 17.2 Å². The highest BCUT2D eigenvalue weighted by Gasteiger charge is 2.34. The zero-order chi connectivity index (χ0) is 26.2. The van der Waals surface area contributed by atoms with E-state index in [4.69, 9.17) is 14.2 Å². The second-order valence-corrected chi connectivity index (χ2v) is 9.65. The number of halogens is 1. The molecule has 2 aromatic carbocycles. The standard InChI is InChI=1S/C27H29FN4O5/c1-27(16-35-3)9-7-20-22(36-18-5-6-19(21(28)15-18)26(34)32-10-4-11-32)13-17(14-23(20)37-27)25(33)29-24-8-12-31(2)30-24/h5-6,8,12-15H,4,7,9-11,16H2,1-3H3,(H,29,30,33). The van der Waals surface area contributed by atoms with Gasteiger partial charge < -0.3 is 24.4 Å². The number of fused-ring (bicyclic) bond motifs is 1. The fourth-order valence-electron chi connectivity index (χ4n) is 4.51. The maximum absolute atomic E-state index is 14.9.